The lowest BCUT2D eigenvalue weighted by molar-refractivity contribution is -0.120. The molecule has 0 saturated carbocycles. The van der Waals surface area contributed by atoms with Crippen LogP contribution < -0.4 is 10.5 Å². The van der Waals surface area contributed by atoms with E-state index in [1.165, 1.54) is 17.7 Å². The van der Waals surface area contributed by atoms with Crippen LogP contribution in [0, 0.1) is 0 Å². The van der Waals surface area contributed by atoms with Crippen molar-refractivity contribution in [1.29, 1.82) is 0 Å². The van der Waals surface area contributed by atoms with Crippen LogP contribution in [0.3, 0.4) is 0 Å². The number of primary sulfonamides is 1. The number of furan rings is 1. The summed E-state index contributed by atoms with van der Waals surface area (Å²) in [4.78, 5) is 12.3. The molecule has 0 atom stereocenters. The van der Waals surface area contributed by atoms with Crippen LogP contribution in [0.15, 0.2) is 58.0 Å². The van der Waals surface area contributed by atoms with Gasteiger partial charge in [-0.3, -0.25) is 4.79 Å². The van der Waals surface area contributed by atoms with Gasteiger partial charge >= 0.3 is 0 Å². The normalized spacial score (nSPS) is 11.6. The quantitative estimate of drug-likeness (QED) is 0.694. The second-order valence-electron chi connectivity index (χ2n) is 6.09. The molecule has 3 N–H and O–H groups in total. The Morgan fingerprint density at radius 3 is 2.46 bits per heavy atom. The SMILES string of the molecule is CCc1ccc2c(CC(=O)NCc3ccc(S(N)(=O)=O)cc3)coc2c1. The van der Waals surface area contributed by atoms with Crippen molar-refractivity contribution in [2.45, 2.75) is 31.2 Å². The van der Waals surface area contributed by atoms with E-state index in [-0.39, 0.29) is 17.2 Å². The minimum Gasteiger partial charge on any atom is -0.464 e. The van der Waals surface area contributed by atoms with E-state index in [0.29, 0.717) is 6.54 Å². The Morgan fingerprint density at radius 2 is 1.81 bits per heavy atom. The summed E-state index contributed by atoms with van der Waals surface area (Å²) in [6.07, 6.45) is 2.76. The number of aryl methyl sites for hydroxylation is 1. The highest BCUT2D eigenvalue weighted by Crippen LogP contribution is 2.23. The first-order valence-electron chi connectivity index (χ1n) is 8.24. The van der Waals surface area contributed by atoms with Crippen LogP contribution in [0.25, 0.3) is 11.0 Å². The van der Waals surface area contributed by atoms with Crippen molar-refractivity contribution in [2.75, 3.05) is 0 Å². The molecule has 0 bridgehead atoms. The van der Waals surface area contributed by atoms with E-state index in [0.717, 1.165) is 28.5 Å². The molecule has 7 heteroatoms. The van der Waals surface area contributed by atoms with Gasteiger partial charge in [-0.15, -0.1) is 0 Å². The Morgan fingerprint density at radius 1 is 1.12 bits per heavy atom. The number of sulfonamides is 1. The van der Waals surface area contributed by atoms with Crippen molar-refractivity contribution in [3.8, 4) is 0 Å². The van der Waals surface area contributed by atoms with Gasteiger partial charge in [0, 0.05) is 17.5 Å². The number of fused-ring (bicyclic) bond motifs is 1. The highest BCUT2D eigenvalue weighted by Gasteiger charge is 2.11. The van der Waals surface area contributed by atoms with Gasteiger partial charge in [0.2, 0.25) is 15.9 Å². The van der Waals surface area contributed by atoms with E-state index in [2.05, 4.69) is 12.2 Å². The molecule has 26 heavy (non-hydrogen) atoms. The fraction of sp³-hybridized carbons (Fsp3) is 0.211. The molecule has 0 fully saturated rings. The molecule has 0 radical (unpaired) electrons. The number of amides is 1. The molecule has 1 heterocycles. The Hall–Kier alpha value is -2.64. The molecule has 2 aromatic carbocycles. The van der Waals surface area contributed by atoms with Gasteiger partial charge in [0.25, 0.3) is 0 Å². The van der Waals surface area contributed by atoms with Crippen molar-refractivity contribution in [3.63, 3.8) is 0 Å². The number of rotatable bonds is 6. The monoisotopic (exact) mass is 372 g/mol. The van der Waals surface area contributed by atoms with E-state index in [9.17, 15) is 13.2 Å². The molecule has 0 saturated heterocycles. The summed E-state index contributed by atoms with van der Waals surface area (Å²) in [5, 5.41) is 8.82. The van der Waals surface area contributed by atoms with Crippen LogP contribution in [-0.4, -0.2) is 14.3 Å². The summed E-state index contributed by atoms with van der Waals surface area (Å²) in [6.45, 7) is 2.38. The first-order valence-corrected chi connectivity index (χ1v) is 9.79. The number of hydrogen-bond acceptors (Lipinski definition) is 4. The first-order chi connectivity index (χ1) is 12.4. The van der Waals surface area contributed by atoms with Crippen molar-refractivity contribution < 1.29 is 17.6 Å². The Labute approximate surface area is 152 Å². The highest BCUT2D eigenvalue weighted by atomic mass is 32.2. The van der Waals surface area contributed by atoms with E-state index in [1.54, 1.807) is 18.4 Å². The Balaban J connectivity index is 1.62. The zero-order valence-corrected chi connectivity index (χ0v) is 15.2. The predicted octanol–water partition coefficient (Wildman–Crippen LogP) is 2.50. The van der Waals surface area contributed by atoms with E-state index in [4.69, 9.17) is 9.56 Å². The van der Waals surface area contributed by atoms with Gasteiger partial charge in [-0.2, -0.15) is 0 Å². The second-order valence-corrected chi connectivity index (χ2v) is 7.65. The molecule has 1 aromatic heterocycles. The second kappa shape index (κ2) is 7.31. The molecule has 136 valence electrons. The van der Waals surface area contributed by atoms with Crippen LogP contribution in [0.4, 0.5) is 0 Å². The fourth-order valence-electron chi connectivity index (χ4n) is 2.72. The molecule has 0 spiro atoms. The average molecular weight is 372 g/mol. The van der Waals surface area contributed by atoms with Crippen LogP contribution in [0.5, 0.6) is 0 Å². The molecule has 0 aliphatic heterocycles. The molecule has 6 nitrogen and oxygen atoms in total. The van der Waals surface area contributed by atoms with Crippen LogP contribution >= 0.6 is 0 Å². The van der Waals surface area contributed by atoms with Gasteiger partial charge in [-0.05, 0) is 35.7 Å². The predicted molar refractivity (Wildman–Crippen MR) is 99.0 cm³/mol. The maximum Gasteiger partial charge on any atom is 0.238 e. The first kappa shape index (κ1) is 18.2. The van der Waals surface area contributed by atoms with Gasteiger partial charge in [-0.25, -0.2) is 13.6 Å². The van der Waals surface area contributed by atoms with E-state index in [1.807, 2.05) is 18.2 Å². The largest absolute Gasteiger partial charge is 0.464 e. The lowest BCUT2D eigenvalue weighted by atomic mass is 10.1. The van der Waals surface area contributed by atoms with Crippen molar-refractivity contribution in [2.24, 2.45) is 5.14 Å². The van der Waals surface area contributed by atoms with Crippen molar-refractivity contribution in [3.05, 3.63) is 65.4 Å². The summed E-state index contributed by atoms with van der Waals surface area (Å²) in [7, 11) is -3.71. The summed E-state index contributed by atoms with van der Waals surface area (Å²) >= 11 is 0. The molecule has 0 unspecified atom stereocenters. The maximum absolute atomic E-state index is 12.2. The summed E-state index contributed by atoms with van der Waals surface area (Å²) in [5.74, 6) is -0.136. The average Bonchev–Trinajstić information content (AvgIpc) is 3.01. The summed E-state index contributed by atoms with van der Waals surface area (Å²) < 4.78 is 28.0. The minimum atomic E-state index is -3.71. The van der Waals surface area contributed by atoms with Gasteiger partial charge in [0.1, 0.15) is 5.58 Å². The molecule has 0 aliphatic carbocycles. The molecule has 1 amide bonds. The topological polar surface area (TPSA) is 102 Å². The fourth-order valence-corrected chi connectivity index (χ4v) is 3.23. The zero-order valence-electron chi connectivity index (χ0n) is 14.4. The van der Waals surface area contributed by atoms with E-state index >= 15 is 0 Å². The number of carbonyl (C=O) groups is 1. The zero-order chi connectivity index (χ0) is 18.7. The third kappa shape index (κ3) is 4.12. The van der Waals surface area contributed by atoms with Crippen molar-refractivity contribution in [1.82, 2.24) is 5.32 Å². The number of hydrogen-bond donors (Lipinski definition) is 2. The Kier molecular flexibility index (Phi) is 5.11. The molecule has 3 rings (SSSR count). The van der Waals surface area contributed by atoms with Crippen LogP contribution in [-0.2, 0) is 34.2 Å². The molecular formula is C19H20N2O4S. The molecular weight excluding hydrogens is 352 g/mol. The van der Waals surface area contributed by atoms with Crippen LogP contribution in [0.1, 0.15) is 23.6 Å². The third-order valence-corrected chi connectivity index (χ3v) is 5.15. The summed E-state index contributed by atoms with van der Waals surface area (Å²) in [6, 6.07) is 12.1. The van der Waals surface area contributed by atoms with Gasteiger partial charge < -0.3 is 9.73 Å². The Bertz CT molecular complexity index is 1040. The maximum atomic E-state index is 12.2. The lowest BCUT2D eigenvalue weighted by Gasteiger charge is -2.06. The molecule has 0 aliphatic rings. The number of benzene rings is 2. The number of nitrogens with two attached hydrogens (primary N) is 1. The number of nitrogens with one attached hydrogen (secondary N) is 1. The van der Waals surface area contributed by atoms with Crippen LogP contribution in [0.2, 0.25) is 0 Å². The van der Waals surface area contributed by atoms with Gasteiger partial charge in [0.15, 0.2) is 0 Å². The van der Waals surface area contributed by atoms with Gasteiger partial charge in [0.05, 0.1) is 17.6 Å². The highest BCUT2D eigenvalue weighted by molar-refractivity contribution is 7.89. The smallest absolute Gasteiger partial charge is 0.238 e. The summed E-state index contributed by atoms with van der Waals surface area (Å²) in [5.41, 5.74) is 3.59. The molecule has 3 aromatic rings. The lowest BCUT2D eigenvalue weighted by Crippen LogP contribution is -2.24. The van der Waals surface area contributed by atoms with Gasteiger partial charge in [-0.1, -0.05) is 31.2 Å². The standard InChI is InChI=1S/C19H20N2O4S/c1-2-13-5-8-17-15(12-25-18(17)9-13)10-19(22)21-11-14-3-6-16(7-4-14)26(20,23)24/h3-9,12H,2,10-11H2,1H3,(H,21,22)(H2,20,23,24). The third-order valence-electron chi connectivity index (χ3n) is 4.22. The van der Waals surface area contributed by atoms with Crippen molar-refractivity contribution >= 4 is 26.9 Å². The minimum absolute atomic E-state index is 0.0453. The van der Waals surface area contributed by atoms with E-state index < -0.39 is 10.0 Å². The number of carbonyl (C=O) groups excluding carboxylic acids is 1.